The summed E-state index contributed by atoms with van der Waals surface area (Å²) in [5.74, 6) is 1.27. The monoisotopic (exact) mass is 287 g/mol. The Labute approximate surface area is 128 Å². The fourth-order valence-electron chi connectivity index (χ4n) is 2.05. The molecule has 4 heteroatoms. The van der Waals surface area contributed by atoms with Gasteiger partial charge in [0.05, 0.1) is 23.5 Å². The highest BCUT2D eigenvalue weighted by Crippen LogP contribution is 2.24. The van der Waals surface area contributed by atoms with Crippen LogP contribution in [0, 0.1) is 11.3 Å². The van der Waals surface area contributed by atoms with E-state index < -0.39 is 0 Å². The predicted octanol–water partition coefficient (Wildman–Crippen LogP) is 4.26. The minimum Gasteiger partial charge on any atom is -0.455 e. The number of furan rings is 1. The Morgan fingerprint density at radius 2 is 1.73 bits per heavy atom. The van der Waals surface area contributed by atoms with Crippen LogP contribution in [0.1, 0.15) is 11.3 Å². The molecule has 0 fully saturated rings. The van der Waals surface area contributed by atoms with Gasteiger partial charge < -0.3 is 4.42 Å². The summed E-state index contributed by atoms with van der Waals surface area (Å²) in [4.78, 5) is 0. The highest BCUT2D eigenvalue weighted by Gasteiger charge is 2.07. The van der Waals surface area contributed by atoms with Gasteiger partial charge in [-0.3, -0.25) is 5.43 Å². The molecule has 3 aromatic rings. The van der Waals surface area contributed by atoms with E-state index in [4.69, 9.17) is 9.68 Å². The second-order valence-electron chi connectivity index (χ2n) is 4.60. The van der Waals surface area contributed by atoms with E-state index >= 15 is 0 Å². The van der Waals surface area contributed by atoms with Crippen molar-refractivity contribution in [2.45, 2.75) is 0 Å². The molecule has 0 radical (unpaired) electrons. The molecular weight excluding hydrogens is 274 g/mol. The molecule has 106 valence electrons. The fraction of sp³-hybridized carbons (Fsp3) is 0. The van der Waals surface area contributed by atoms with Crippen LogP contribution in [0.3, 0.4) is 0 Å². The van der Waals surface area contributed by atoms with E-state index in [-0.39, 0.29) is 0 Å². The lowest BCUT2D eigenvalue weighted by atomic mass is 10.1. The lowest BCUT2D eigenvalue weighted by Crippen LogP contribution is -1.88. The maximum atomic E-state index is 9.13. The minimum absolute atomic E-state index is 0.586. The van der Waals surface area contributed by atoms with Gasteiger partial charge in [0.2, 0.25) is 0 Å². The Kier molecular flexibility index (Phi) is 3.98. The zero-order valence-electron chi connectivity index (χ0n) is 11.7. The smallest absolute Gasteiger partial charge is 0.147 e. The summed E-state index contributed by atoms with van der Waals surface area (Å²) in [6, 6.07) is 22.8. The van der Waals surface area contributed by atoms with Crippen LogP contribution in [0.5, 0.6) is 0 Å². The number of hydrazone groups is 1. The molecule has 4 nitrogen and oxygen atoms in total. The molecule has 22 heavy (non-hydrogen) atoms. The highest BCUT2D eigenvalue weighted by molar-refractivity contribution is 5.78. The van der Waals surface area contributed by atoms with Gasteiger partial charge in [-0.05, 0) is 36.4 Å². The molecule has 0 aliphatic rings. The Morgan fingerprint density at radius 1 is 0.955 bits per heavy atom. The molecule has 0 spiro atoms. The van der Waals surface area contributed by atoms with E-state index in [1.54, 1.807) is 12.3 Å². The number of nitrogens with zero attached hydrogens (tertiary/aromatic N) is 2. The summed E-state index contributed by atoms with van der Waals surface area (Å²) >= 11 is 0. The van der Waals surface area contributed by atoms with Gasteiger partial charge in [0, 0.05) is 5.56 Å². The molecule has 2 aromatic carbocycles. The Balaban J connectivity index is 1.76. The second-order valence-corrected chi connectivity index (χ2v) is 4.60. The van der Waals surface area contributed by atoms with E-state index in [1.165, 1.54) is 0 Å². The van der Waals surface area contributed by atoms with Gasteiger partial charge in [-0.15, -0.1) is 0 Å². The first-order valence-corrected chi connectivity index (χ1v) is 6.80. The number of benzene rings is 2. The van der Waals surface area contributed by atoms with Crippen molar-refractivity contribution in [1.29, 1.82) is 5.26 Å². The Hall–Kier alpha value is -3.32. The molecule has 0 unspecified atom stereocenters. The molecule has 1 N–H and O–H groups in total. The van der Waals surface area contributed by atoms with Gasteiger partial charge >= 0.3 is 0 Å². The molecular formula is C18H13N3O. The first kappa shape index (κ1) is 13.7. The normalized spacial score (nSPS) is 10.5. The third-order valence-corrected chi connectivity index (χ3v) is 3.10. The van der Waals surface area contributed by atoms with Crippen LogP contribution >= 0.6 is 0 Å². The largest absolute Gasteiger partial charge is 0.455 e. The van der Waals surface area contributed by atoms with Crippen LogP contribution in [-0.2, 0) is 0 Å². The first-order chi connectivity index (χ1) is 10.9. The van der Waals surface area contributed by atoms with Crippen molar-refractivity contribution >= 4 is 11.9 Å². The third-order valence-electron chi connectivity index (χ3n) is 3.10. The summed E-state index contributed by atoms with van der Waals surface area (Å²) in [7, 11) is 0. The molecule has 0 amide bonds. The van der Waals surface area contributed by atoms with E-state index in [1.807, 2.05) is 60.7 Å². The van der Waals surface area contributed by atoms with Crippen molar-refractivity contribution in [1.82, 2.24) is 0 Å². The summed E-state index contributed by atoms with van der Waals surface area (Å²) in [6.45, 7) is 0. The van der Waals surface area contributed by atoms with Crippen LogP contribution in [0.4, 0.5) is 5.69 Å². The molecule has 1 aromatic heterocycles. The summed E-state index contributed by atoms with van der Waals surface area (Å²) < 4.78 is 5.71. The number of hydrogen-bond acceptors (Lipinski definition) is 4. The van der Waals surface area contributed by atoms with Crippen LogP contribution in [0.2, 0.25) is 0 Å². The van der Waals surface area contributed by atoms with Crippen LogP contribution in [0.15, 0.2) is 76.2 Å². The number of hydrogen-bond donors (Lipinski definition) is 1. The van der Waals surface area contributed by atoms with Crippen molar-refractivity contribution in [2.75, 3.05) is 5.43 Å². The quantitative estimate of drug-likeness (QED) is 0.576. The maximum Gasteiger partial charge on any atom is 0.147 e. The first-order valence-electron chi connectivity index (χ1n) is 6.80. The lowest BCUT2D eigenvalue weighted by Gasteiger charge is -1.99. The molecule has 0 saturated heterocycles. The summed E-state index contributed by atoms with van der Waals surface area (Å²) in [5, 5.41) is 13.3. The van der Waals surface area contributed by atoms with Crippen molar-refractivity contribution in [3.63, 3.8) is 0 Å². The average molecular weight is 287 g/mol. The second kappa shape index (κ2) is 6.42. The zero-order chi connectivity index (χ0) is 15.2. The maximum absolute atomic E-state index is 9.13. The third kappa shape index (κ3) is 3.05. The van der Waals surface area contributed by atoms with E-state index in [2.05, 4.69) is 16.6 Å². The molecule has 0 saturated carbocycles. The Bertz CT molecular complexity index is 829. The van der Waals surface area contributed by atoms with E-state index in [0.717, 1.165) is 11.3 Å². The van der Waals surface area contributed by atoms with Gasteiger partial charge in [0.15, 0.2) is 0 Å². The lowest BCUT2D eigenvalue weighted by molar-refractivity contribution is 0.575. The molecule has 1 heterocycles. The summed E-state index contributed by atoms with van der Waals surface area (Å²) in [6.07, 6.45) is 1.60. The van der Waals surface area contributed by atoms with Crippen LogP contribution in [-0.4, -0.2) is 6.21 Å². The summed E-state index contributed by atoms with van der Waals surface area (Å²) in [5.41, 5.74) is 5.19. The van der Waals surface area contributed by atoms with Gasteiger partial charge in [0.25, 0.3) is 0 Å². The average Bonchev–Trinajstić information content (AvgIpc) is 3.04. The fourth-order valence-corrected chi connectivity index (χ4v) is 2.05. The van der Waals surface area contributed by atoms with Crippen molar-refractivity contribution in [2.24, 2.45) is 5.10 Å². The van der Waals surface area contributed by atoms with Gasteiger partial charge in [-0.1, -0.05) is 30.3 Å². The molecule has 0 aliphatic carbocycles. The number of nitrogens with one attached hydrogen (secondary N) is 1. The minimum atomic E-state index is 0.586. The number of para-hydroxylation sites is 1. The van der Waals surface area contributed by atoms with Gasteiger partial charge in [0.1, 0.15) is 11.5 Å². The van der Waals surface area contributed by atoms with Crippen molar-refractivity contribution in [3.05, 3.63) is 78.1 Å². The number of anilines is 1. The highest BCUT2D eigenvalue weighted by atomic mass is 16.3. The SMILES string of the molecule is N#Cc1ccccc1-c1ccc(/C=N\Nc2ccccc2)o1. The molecule has 3 rings (SSSR count). The van der Waals surface area contributed by atoms with Gasteiger partial charge in [-0.2, -0.15) is 10.4 Å². The predicted molar refractivity (Wildman–Crippen MR) is 86.5 cm³/mol. The topological polar surface area (TPSA) is 61.3 Å². The van der Waals surface area contributed by atoms with Gasteiger partial charge in [-0.25, -0.2) is 0 Å². The van der Waals surface area contributed by atoms with E-state index in [9.17, 15) is 0 Å². The van der Waals surface area contributed by atoms with Crippen molar-refractivity contribution in [3.8, 4) is 17.4 Å². The standard InChI is InChI=1S/C18H13N3O/c19-12-14-6-4-5-9-17(14)18-11-10-16(22-18)13-20-21-15-7-2-1-3-8-15/h1-11,13,21H/b20-13-. The van der Waals surface area contributed by atoms with Crippen LogP contribution < -0.4 is 5.43 Å². The van der Waals surface area contributed by atoms with E-state index in [0.29, 0.717) is 17.1 Å². The number of rotatable bonds is 4. The molecule has 0 bridgehead atoms. The zero-order valence-corrected chi connectivity index (χ0v) is 11.7. The molecule has 0 atom stereocenters. The van der Waals surface area contributed by atoms with Crippen molar-refractivity contribution < 1.29 is 4.42 Å². The Morgan fingerprint density at radius 3 is 2.55 bits per heavy atom. The molecule has 0 aliphatic heterocycles. The van der Waals surface area contributed by atoms with Crippen LogP contribution in [0.25, 0.3) is 11.3 Å². The number of nitriles is 1.